The Hall–Kier alpha value is -2.70. The van der Waals surface area contributed by atoms with Crippen molar-refractivity contribution in [2.45, 2.75) is 43.9 Å². The van der Waals surface area contributed by atoms with E-state index in [2.05, 4.69) is 11.4 Å². The Balaban J connectivity index is 1.19. The first-order valence-corrected chi connectivity index (χ1v) is 12.8. The summed E-state index contributed by atoms with van der Waals surface area (Å²) < 4.78 is 0. The van der Waals surface area contributed by atoms with Gasteiger partial charge in [-0.3, -0.25) is 9.59 Å². The minimum atomic E-state index is -0.498. The Kier molecular flexibility index (Phi) is 5.03. The quantitative estimate of drug-likeness (QED) is 0.503. The summed E-state index contributed by atoms with van der Waals surface area (Å²) in [4.78, 5) is 32.4. The maximum Gasteiger partial charge on any atom is 0.236 e. The molecule has 2 fully saturated rings. The van der Waals surface area contributed by atoms with Gasteiger partial charge < -0.3 is 10.2 Å². The van der Waals surface area contributed by atoms with E-state index in [4.69, 9.17) is 16.6 Å². The molecule has 2 heterocycles. The Labute approximate surface area is 201 Å². The average molecular weight is 478 g/mol. The second-order valence-corrected chi connectivity index (χ2v) is 10.6. The number of thiazole rings is 1. The van der Waals surface area contributed by atoms with Crippen molar-refractivity contribution in [3.8, 4) is 11.3 Å². The lowest BCUT2D eigenvalue weighted by atomic mass is 9.64. The minimum Gasteiger partial charge on any atom is -0.312 e. The lowest BCUT2D eigenvalue weighted by Crippen LogP contribution is -2.45. The van der Waals surface area contributed by atoms with Crippen molar-refractivity contribution < 1.29 is 9.59 Å². The van der Waals surface area contributed by atoms with Crippen LogP contribution < -0.4 is 10.2 Å². The summed E-state index contributed by atoms with van der Waals surface area (Å²) >= 11 is 7.48. The third-order valence-electron chi connectivity index (χ3n) is 7.23. The molecule has 2 aliphatic carbocycles. The van der Waals surface area contributed by atoms with Crippen molar-refractivity contribution in [1.29, 1.82) is 0 Å². The molecule has 1 aromatic heterocycles. The largest absolute Gasteiger partial charge is 0.312 e. The zero-order valence-corrected chi connectivity index (χ0v) is 19.7. The number of amides is 2. The molecule has 7 heteroatoms. The van der Waals surface area contributed by atoms with Crippen LogP contribution >= 0.6 is 22.9 Å². The Morgan fingerprint density at radius 3 is 2.61 bits per heavy atom. The van der Waals surface area contributed by atoms with Crippen molar-refractivity contribution >= 4 is 45.6 Å². The number of carbonyl (C=O) groups excluding carboxylic acids is 2. The molecule has 0 saturated heterocycles. The molecule has 0 bridgehead atoms. The lowest BCUT2D eigenvalue weighted by molar-refractivity contribution is -0.124. The van der Waals surface area contributed by atoms with Gasteiger partial charge in [0.1, 0.15) is 0 Å². The highest BCUT2D eigenvalue weighted by molar-refractivity contribution is 7.14. The van der Waals surface area contributed by atoms with E-state index < -0.39 is 5.41 Å². The predicted octanol–water partition coefficient (Wildman–Crippen LogP) is 5.82. The molecule has 33 heavy (non-hydrogen) atoms. The molecule has 1 aliphatic heterocycles. The number of rotatable bonds is 5. The van der Waals surface area contributed by atoms with E-state index in [0.717, 1.165) is 67.6 Å². The van der Waals surface area contributed by atoms with Crippen LogP contribution in [0, 0.1) is 5.92 Å². The van der Waals surface area contributed by atoms with Crippen LogP contribution in [-0.4, -0.2) is 23.3 Å². The molecule has 3 aliphatic rings. The summed E-state index contributed by atoms with van der Waals surface area (Å²) in [6.07, 6.45) is 5.62. The number of nitrogens with one attached hydrogen (secondary N) is 1. The lowest BCUT2D eigenvalue weighted by Gasteiger charge is -2.40. The first-order chi connectivity index (χ1) is 16.0. The van der Waals surface area contributed by atoms with E-state index in [1.165, 1.54) is 16.9 Å². The summed E-state index contributed by atoms with van der Waals surface area (Å²) in [7, 11) is 0. The normalized spacial score (nSPS) is 18.5. The molecule has 2 saturated carbocycles. The number of fused-ring (bicyclic) bond motifs is 1. The average Bonchev–Trinajstić information content (AvgIpc) is 3.39. The highest BCUT2D eigenvalue weighted by Gasteiger charge is 2.46. The standard InChI is InChI=1S/C26H24ClN3O2S/c27-20-7-5-19(6-8-20)26(11-1-12-26)24(32)29-25-28-21(15-33-25)17-4-9-22-18(14-17)10-13-30(22)23(31)16-2-3-16/h4-9,14-16H,1-3,10-13H2,(H,28,29,32). The molecule has 0 radical (unpaired) electrons. The molecule has 2 aromatic carbocycles. The van der Waals surface area contributed by atoms with Gasteiger partial charge in [0, 0.05) is 34.1 Å². The van der Waals surface area contributed by atoms with Crippen LogP contribution in [0.25, 0.3) is 11.3 Å². The second kappa shape index (κ2) is 7.96. The predicted molar refractivity (Wildman–Crippen MR) is 132 cm³/mol. The molecule has 0 atom stereocenters. The Morgan fingerprint density at radius 1 is 1.12 bits per heavy atom. The fourth-order valence-corrected chi connectivity index (χ4v) is 5.81. The molecule has 1 N–H and O–H groups in total. The Bertz CT molecular complexity index is 1240. The first kappa shape index (κ1) is 20.9. The number of halogens is 1. The molecule has 168 valence electrons. The number of anilines is 2. The van der Waals surface area contributed by atoms with Crippen LogP contribution in [-0.2, 0) is 21.4 Å². The van der Waals surface area contributed by atoms with Crippen LogP contribution in [0.5, 0.6) is 0 Å². The summed E-state index contributed by atoms with van der Waals surface area (Å²) in [5, 5.41) is 6.33. The van der Waals surface area contributed by atoms with Crippen LogP contribution in [0.2, 0.25) is 5.02 Å². The molecular formula is C26H24ClN3O2S. The minimum absolute atomic E-state index is 0.000144. The number of hydrogen-bond donors (Lipinski definition) is 1. The molecular weight excluding hydrogens is 454 g/mol. The number of carbonyl (C=O) groups is 2. The van der Waals surface area contributed by atoms with Gasteiger partial charge in [0.2, 0.25) is 11.8 Å². The van der Waals surface area contributed by atoms with Crippen molar-refractivity contribution in [3.63, 3.8) is 0 Å². The number of aromatic nitrogens is 1. The molecule has 5 nitrogen and oxygen atoms in total. The molecule has 0 unspecified atom stereocenters. The fraction of sp³-hybridized carbons (Fsp3) is 0.346. The SMILES string of the molecule is O=C(C1CC1)N1CCc2cc(-c3csc(NC(=O)C4(c5ccc(Cl)cc5)CCC4)n3)ccc21. The zero-order chi connectivity index (χ0) is 22.6. The fourth-order valence-electron chi connectivity index (χ4n) is 4.97. The van der Waals surface area contributed by atoms with Crippen molar-refractivity contribution in [2.24, 2.45) is 5.92 Å². The van der Waals surface area contributed by atoms with Crippen LogP contribution in [0.15, 0.2) is 47.8 Å². The topological polar surface area (TPSA) is 62.3 Å². The van der Waals surface area contributed by atoms with Crippen molar-refractivity contribution in [1.82, 2.24) is 4.98 Å². The van der Waals surface area contributed by atoms with Gasteiger partial charge in [0.25, 0.3) is 0 Å². The van der Waals surface area contributed by atoms with Gasteiger partial charge in [-0.25, -0.2) is 4.98 Å². The maximum absolute atomic E-state index is 13.2. The maximum atomic E-state index is 13.2. The van der Waals surface area contributed by atoms with Gasteiger partial charge in [0.15, 0.2) is 5.13 Å². The van der Waals surface area contributed by atoms with Crippen LogP contribution in [0.1, 0.15) is 43.2 Å². The van der Waals surface area contributed by atoms with Gasteiger partial charge in [-0.2, -0.15) is 0 Å². The summed E-state index contributed by atoms with van der Waals surface area (Å²) in [6.45, 7) is 0.763. The summed E-state index contributed by atoms with van der Waals surface area (Å²) in [5.74, 6) is 0.498. The highest BCUT2D eigenvalue weighted by Crippen LogP contribution is 2.45. The van der Waals surface area contributed by atoms with Gasteiger partial charge >= 0.3 is 0 Å². The van der Waals surface area contributed by atoms with E-state index >= 15 is 0 Å². The smallest absolute Gasteiger partial charge is 0.236 e. The van der Waals surface area contributed by atoms with E-state index in [1.54, 1.807) is 0 Å². The third kappa shape index (κ3) is 3.65. The van der Waals surface area contributed by atoms with Crippen LogP contribution in [0.3, 0.4) is 0 Å². The monoisotopic (exact) mass is 477 g/mol. The Morgan fingerprint density at radius 2 is 1.91 bits per heavy atom. The number of nitrogens with zero attached hydrogens (tertiary/aromatic N) is 2. The first-order valence-electron chi connectivity index (χ1n) is 11.5. The van der Waals surface area contributed by atoms with Gasteiger partial charge in [-0.05, 0) is 67.5 Å². The van der Waals surface area contributed by atoms with Crippen LogP contribution in [0.4, 0.5) is 10.8 Å². The molecule has 6 rings (SSSR count). The summed E-state index contributed by atoms with van der Waals surface area (Å²) in [5.41, 5.74) is 4.60. The van der Waals surface area contributed by atoms with E-state index in [9.17, 15) is 9.59 Å². The van der Waals surface area contributed by atoms with E-state index in [1.807, 2.05) is 46.7 Å². The summed E-state index contributed by atoms with van der Waals surface area (Å²) in [6, 6.07) is 13.8. The highest BCUT2D eigenvalue weighted by atomic mass is 35.5. The van der Waals surface area contributed by atoms with Gasteiger partial charge in [0.05, 0.1) is 11.1 Å². The van der Waals surface area contributed by atoms with Crippen molar-refractivity contribution in [2.75, 3.05) is 16.8 Å². The van der Waals surface area contributed by atoms with Gasteiger partial charge in [-0.1, -0.05) is 36.2 Å². The zero-order valence-electron chi connectivity index (χ0n) is 18.1. The second-order valence-electron chi connectivity index (χ2n) is 9.29. The van der Waals surface area contributed by atoms with Crippen molar-refractivity contribution in [3.05, 3.63) is 64.0 Å². The molecule has 0 spiro atoms. The third-order valence-corrected chi connectivity index (χ3v) is 8.24. The molecule has 3 aromatic rings. The van der Waals surface area contributed by atoms with Gasteiger partial charge in [-0.15, -0.1) is 11.3 Å². The van der Waals surface area contributed by atoms with E-state index in [-0.39, 0.29) is 17.7 Å². The molecule has 2 amide bonds. The number of benzene rings is 2. The van der Waals surface area contributed by atoms with E-state index in [0.29, 0.717) is 10.2 Å². The number of hydrogen-bond acceptors (Lipinski definition) is 4.